The van der Waals surface area contributed by atoms with Crippen LogP contribution in [0.15, 0.2) is 29.4 Å². The lowest BCUT2D eigenvalue weighted by Crippen LogP contribution is -2.64. The highest BCUT2D eigenvalue weighted by atomic mass is 19.1. The van der Waals surface area contributed by atoms with Crippen LogP contribution in [0.5, 0.6) is 0 Å². The van der Waals surface area contributed by atoms with E-state index in [4.69, 9.17) is 9.57 Å². The number of nitrogens with zero attached hydrogens (tertiary/aromatic N) is 2. The highest BCUT2D eigenvalue weighted by Gasteiger charge is 2.52. The number of hydrogen-bond acceptors (Lipinski definition) is 4. The molecule has 1 saturated heterocycles. The van der Waals surface area contributed by atoms with Crippen molar-refractivity contribution in [1.29, 1.82) is 0 Å². The number of carbonyl (C=O) groups excluding carboxylic acids is 1. The number of ether oxygens (including phenoxy) is 1. The molecule has 6 heteroatoms. The van der Waals surface area contributed by atoms with E-state index in [9.17, 15) is 9.18 Å². The lowest BCUT2D eigenvalue weighted by molar-refractivity contribution is -0.122. The number of likely N-dealkylation sites (tertiary alicyclic amines) is 1. The maximum Gasteiger partial charge on any atom is 0.410 e. The minimum absolute atomic E-state index is 0.324. The first-order chi connectivity index (χ1) is 11.2. The van der Waals surface area contributed by atoms with Crippen LogP contribution in [-0.4, -0.2) is 41.0 Å². The molecule has 1 fully saturated rings. The fourth-order valence-corrected chi connectivity index (χ4v) is 2.57. The minimum atomic E-state index is -0.519. The second-order valence-electron chi connectivity index (χ2n) is 7.09. The molecule has 0 atom stereocenters. The Bertz CT molecular complexity index is 750. The molecule has 1 aromatic carbocycles. The van der Waals surface area contributed by atoms with Gasteiger partial charge in [-0.2, -0.15) is 0 Å². The van der Waals surface area contributed by atoms with Gasteiger partial charge in [0.2, 0.25) is 0 Å². The lowest BCUT2D eigenvalue weighted by Gasteiger charge is -2.45. The molecule has 0 aliphatic carbocycles. The molecule has 0 N–H and O–H groups in total. The van der Waals surface area contributed by atoms with Crippen LogP contribution in [-0.2, 0) is 9.57 Å². The van der Waals surface area contributed by atoms with Crippen LogP contribution in [0.4, 0.5) is 9.18 Å². The molecule has 0 saturated carbocycles. The maximum atomic E-state index is 13.1. The number of oxime groups is 1. The molecule has 0 bridgehead atoms. The molecule has 2 aliphatic heterocycles. The zero-order valence-corrected chi connectivity index (χ0v) is 13.9. The van der Waals surface area contributed by atoms with Crippen LogP contribution in [0.25, 0.3) is 0 Å². The Morgan fingerprint density at radius 2 is 2.12 bits per heavy atom. The molecule has 1 aromatic rings. The third kappa shape index (κ3) is 3.67. The Labute approximate surface area is 140 Å². The Hall–Kier alpha value is -2.55. The summed E-state index contributed by atoms with van der Waals surface area (Å²) in [5, 5.41) is 3.99. The molecular formula is C18H19FN2O3. The van der Waals surface area contributed by atoms with Gasteiger partial charge in [-0.15, -0.1) is 0 Å². The van der Waals surface area contributed by atoms with E-state index in [2.05, 4.69) is 17.0 Å². The summed E-state index contributed by atoms with van der Waals surface area (Å²) in [7, 11) is 0. The standard InChI is InChI=1S/C18H19FN2O3/c1-17(2,3)23-16(22)21-11-18(12-21)10-15(20-24-18)8-7-13-5-4-6-14(19)9-13/h4-6,9H,10-12H2,1-3H3. The summed E-state index contributed by atoms with van der Waals surface area (Å²) in [6, 6.07) is 6.08. The largest absolute Gasteiger partial charge is 0.444 e. The van der Waals surface area contributed by atoms with Gasteiger partial charge in [0.25, 0.3) is 0 Å². The molecule has 2 heterocycles. The van der Waals surface area contributed by atoms with Crippen LogP contribution in [0, 0.1) is 17.7 Å². The van der Waals surface area contributed by atoms with Crippen LogP contribution >= 0.6 is 0 Å². The van der Waals surface area contributed by atoms with Gasteiger partial charge >= 0.3 is 6.09 Å². The lowest BCUT2D eigenvalue weighted by atomic mass is 9.89. The monoisotopic (exact) mass is 330 g/mol. The van der Waals surface area contributed by atoms with Gasteiger partial charge in [-0.1, -0.05) is 17.1 Å². The molecule has 0 unspecified atom stereocenters. The van der Waals surface area contributed by atoms with Crippen molar-refractivity contribution in [1.82, 2.24) is 4.90 Å². The van der Waals surface area contributed by atoms with Crippen LogP contribution in [0.2, 0.25) is 0 Å². The summed E-state index contributed by atoms with van der Waals surface area (Å²) in [6.45, 7) is 6.34. The van der Waals surface area contributed by atoms with Crippen molar-refractivity contribution in [3.63, 3.8) is 0 Å². The topological polar surface area (TPSA) is 51.1 Å². The molecule has 1 spiro atoms. The number of hydrogen-bond donors (Lipinski definition) is 0. The van der Waals surface area contributed by atoms with E-state index >= 15 is 0 Å². The first kappa shape index (κ1) is 16.3. The SMILES string of the molecule is CC(C)(C)OC(=O)N1CC2(CC(C#Cc3cccc(F)c3)=NO2)C1. The Morgan fingerprint density at radius 1 is 1.38 bits per heavy atom. The van der Waals surface area contributed by atoms with Crippen LogP contribution in [0.3, 0.4) is 0 Å². The fourth-order valence-electron chi connectivity index (χ4n) is 2.57. The third-order valence-corrected chi connectivity index (χ3v) is 3.62. The van der Waals surface area contributed by atoms with Crippen molar-refractivity contribution >= 4 is 11.8 Å². The van der Waals surface area contributed by atoms with Crippen molar-refractivity contribution in [2.45, 2.75) is 38.4 Å². The highest BCUT2D eigenvalue weighted by molar-refractivity contribution is 6.02. The molecule has 5 nitrogen and oxygen atoms in total. The van der Waals surface area contributed by atoms with Gasteiger partial charge in [0, 0.05) is 12.0 Å². The predicted molar refractivity (Wildman–Crippen MR) is 87.0 cm³/mol. The van der Waals surface area contributed by atoms with E-state index in [1.807, 2.05) is 20.8 Å². The summed E-state index contributed by atoms with van der Waals surface area (Å²) in [4.78, 5) is 19.0. The second-order valence-corrected chi connectivity index (χ2v) is 7.09. The molecule has 24 heavy (non-hydrogen) atoms. The summed E-state index contributed by atoms with van der Waals surface area (Å²) < 4.78 is 18.4. The van der Waals surface area contributed by atoms with Gasteiger partial charge < -0.3 is 9.57 Å². The number of amides is 1. The zero-order valence-electron chi connectivity index (χ0n) is 13.9. The number of benzene rings is 1. The van der Waals surface area contributed by atoms with E-state index in [1.165, 1.54) is 12.1 Å². The molecule has 1 amide bonds. The number of rotatable bonds is 0. The predicted octanol–water partition coefficient (Wildman–Crippen LogP) is 2.94. The summed E-state index contributed by atoms with van der Waals surface area (Å²) in [6.07, 6.45) is 0.185. The van der Waals surface area contributed by atoms with E-state index in [-0.39, 0.29) is 11.9 Å². The van der Waals surface area contributed by atoms with Crippen molar-refractivity contribution in [3.8, 4) is 11.8 Å². The number of halogens is 1. The fraction of sp³-hybridized carbons (Fsp3) is 0.444. The average Bonchev–Trinajstić information content (AvgIpc) is 2.86. The quantitative estimate of drug-likeness (QED) is 0.687. The van der Waals surface area contributed by atoms with E-state index in [1.54, 1.807) is 17.0 Å². The maximum absolute atomic E-state index is 13.1. The first-order valence-electron chi connectivity index (χ1n) is 7.75. The van der Waals surface area contributed by atoms with E-state index in [0.29, 0.717) is 30.8 Å². The Balaban J connectivity index is 1.55. The normalized spacial score (nSPS) is 18.2. The van der Waals surface area contributed by atoms with Crippen molar-refractivity contribution in [2.24, 2.45) is 5.16 Å². The van der Waals surface area contributed by atoms with Crippen molar-refractivity contribution in [3.05, 3.63) is 35.6 Å². The van der Waals surface area contributed by atoms with Crippen LogP contribution < -0.4 is 0 Å². The molecule has 3 rings (SSSR count). The smallest absolute Gasteiger partial charge is 0.410 e. The van der Waals surface area contributed by atoms with Gasteiger partial charge in [0.15, 0.2) is 5.60 Å². The average molecular weight is 330 g/mol. The number of carbonyl (C=O) groups is 1. The minimum Gasteiger partial charge on any atom is -0.444 e. The summed E-state index contributed by atoms with van der Waals surface area (Å²) in [5.74, 6) is 5.45. The van der Waals surface area contributed by atoms with Crippen molar-refractivity contribution in [2.75, 3.05) is 13.1 Å². The molecular weight excluding hydrogens is 311 g/mol. The van der Waals surface area contributed by atoms with E-state index < -0.39 is 11.2 Å². The van der Waals surface area contributed by atoms with Crippen molar-refractivity contribution < 1.29 is 18.8 Å². The summed E-state index contributed by atoms with van der Waals surface area (Å²) in [5.41, 5.74) is 0.169. The van der Waals surface area contributed by atoms with Gasteiger partial charge in [-0.05, 0) is 44.9 Å². The second kappa shape index (κ2) is 5.82. The summed E-state index contributed by atoms with van der Waals surface area (Å²) >= 11 is 0. The molecule has 0 aromatic heterocycles. The Morgan fingerprint density at radius 3 is 2.79 bits per heavy atom. The van der Waals surface area contributed by atoms with Crippen LogP contribution in [0.1, 0.15) is 32.8 Å². The highest BCUT2D eigenvalue weighted by Crippen LogP contribution is 2.34. The molecule has 2 aliphatic rings. The zero-order chi connectivity index (χ0) is 17.4. The third-order valence-electron chi connectivity index (χ3n) is 3.62. The van der Waals surface area contributed by atoms with E-state index in [0.717, 1.165) is 0 Å². The van der Waals surface area contributed by atoms with Gasteiger partial charge in [-0.3, -0.25) is 4.90 Å². The van der Waals surface area contributed by atoms with Gasteiger partial charge in [0.05, 0.1) is 13.1 Å². The first-order valence-corrected chi connectivity index (χ1v) is 7.75. The Kier molecular flexibility index (Phi) is 3.96. The molecule has 126 valence electrons. The molecule has 0 radical (unpaired) electrons. The van der Waals surface area contributed by atoms with Gasteiger partial charge in [-0.25, -0.2) is 9.18 Å². The van der Waals surface area contributed by atoms with Gasteiger partial charge in [0.1, 0.15) is 17.1 Å².